The van der Waals surface area contributed by atoms with Crippen LogP contribution in [0.25, 0.3) is 0 Å². The quantitative estimate of drug-likeness (QED) is 0.559. The third-order valence-electron chi connectivity index (χ3n) is 4.76. The van der Waals surface area contributed by atoms with Gasteiger partial charge in [0.1, 0.15) is 5.60 Å². The predicted octanol–water partition coefficient (Wildman–Crippen LogP) is 3.23. The topological polar surface area (TPSA) is 79.0 Å². The van der Waals surface area contributed by atoms with Crippen molar-refractivity contribution in [3.8, 4) is 0 Å². The van der Waals surface area contributed by atoms with E-state index >= 15 is 0 Å². The van der Waals surface area contributed by atoms with Crippen molar-refractivity contribution in [2.75, 3.05) is 37.6 Å². The number of benzene rings is 1. The van der Waals surface area contributed by atoms with Crippen LogP contribution in [0.15, 0.2) is 24.3 Å². The number of Topliss-reactive ketones (excluding diaryl/α,β-unsaturated/α-hetero) is 1. The Morgan fingerprint density at radius 1 is 1.00 bits per heavy atom. The number of ketones is 1. The van der Waals surface area contributed by atoms with Crippen LogP contribution in [0, 0.1) is 0 Å². The molecular weight excluding hydrogens is 370 g/mol. The Morgan fingerprint density at radius 3 is 2.17 bits per heavy atom. The first-order chi connectivity index (χ1) is 13.7. The summed E-state index contributed by atoms with van der Waals surface area (Å²) in [6, 6.07) is 7.62. The molecule has 1 N–H and O–H groups in total. The molecule has 29 heavy (non-hydrogen) atoms. The molecule has 1 saturated heterocycles. The molecule has 0 radical (unpaired) electrons. The number of carbonyl (C=O) groups is 3. The van der Waals surface area contributed by atoms with E-state index in [2.05, 4.69) is 10.2 Å². The van der Waals surface area contributed by atoms with E-state index in [4.69, 9.17) is 4.74 Å². The van der Waals surface area contributed by atoms with Gasteiger partial charge in [-0.2, -0.15) is 0 Å². The zero-order chi connectivity index (χ0) is 21.4. The van der Waals surface area contributed by atoms with Gasteiger partial charge in [0, 0.05) is 50.4 Å². The average Bonchev–Trinajstić information content (AvgIpc) is 2.66. The van der Waals surface area contributed by atoms with Crippen LogP contribution in [0.5, 0.6) is 0 Å². The molecule has 0 spiro atoms. The molecule has 0 saturated carbocycles. The minimum absolute atomic E-state index is 0.0632. The summed E-state index contributed by atoms with van der Waals surface area (Å²) in [7, 11) is 0. The van der Waals surface area contributed by atoms with Gasteiger partial charge in [-0.3, -0.25) is 9.59 Å². The third-order valence-corrected chi connectivity index (χ3v) is 4.76. The Bertz CT molecular complexity index is 702. The van der Waals surface area contributed by atoms with Crippen LogP contribution in [-0.4, -0.2) is 61.0 Å². The van der Waals surface area contributed by atoms with Crippen molar-refractivity contribution in [3.05, 3.63) is 29.8 Å². The Morgan fingerprint density at radius 2 is 1.62 bits per heavy atom. The standard InChI is InChI=1S/C22H33N3O4/c1-17(26)18-8-10-19(11-9-18)24-13-15-25(16-14-24)20(27)7-5-6-12-23-21(28)29-22(2,3)4/h8-11H,5-7,12-16H2,1-4H3,(H,23,28). The lowest BCUT2D eigenvalue weighted by Gasteiger charge is -2.36. The molecule has 0 aromatic heterocycles. The fraction of sp³-hybridized carbons (Fsp3) is 0.591. The van der Waals surface area contributed by atoms with Crippen LogP contribution in [0.3, 0.4) is 0 Å². The summed E-state index contributed by atoms with van der Waals surface area (Å²) in [6.07, 6.45) is 1.55. The number of unbranched alkanes of at least 4 members (excludes halogenated alkanes) is 1. The normalized spacial score (nSPS) is 14.5. The maximum atomic E-state index is 12.4. The Labute approximate surface area is 173 Å². The molecule has 7 nitrogen and oxygen atoms in total. The lowest BCUT2D eigenvalue weighted by atomic mass is 10.1. The zero-order valence-corrected chi connectivity index (χ0v) is 18.0. The molecule has 1 fully saturated rings. The zero-order valence-electron chi connectivity index (χ0n) is 18.0. The van der Waals surface area contributed by atoms with Gasteiger partial charge in [0.05, 0.1) is 0 Å². The van der Waals surface area contributed by atoms with Gasteiger partial charge in [-0.05, 0) is 64.8 Å². The van der Waals surface area contributed by atoms with Gasteiger partial charge >= 0.3 is 6.09 Å². The highest BCUT2D eigenvalue weighted by Crippen LogP contribution is 2.18. The maximum absolute atomic E-state index is 12.4. The second kappa shape index (κ2) is 10.3. The minimum atomic E-state index is -0.502. The van der Waals surface area contributed by atoms with Crippen LogP contribution in [0.1, 0.15) is 57.3 Å². The van der Waals surface area contributed by atoms with Crippen LogP contribution in [0.4, 0.5) is 10.5 Å². The number of carbonyl (C=O) groups excluding carboxylic acids is 3. The van der Waals surface area contributed by atoms with E-state index in [1.165, 1.54) is 0 Å². The summed E-state index contributed by atoms with van der Waals surface area (Å²) in [5.74, 6) is 0.224. The summed E-state index contributed by atoms with van der Waals surface area (Å²) >= 11 is 0. The molecule has 1 heterocycles. The number of amides is 2. The molecule has 0 bridgehead atoms. The van der Waals surface area contributed by atoms with Crippen molar-refractivity contribution in [1.82, 2.24) is 10.2 Å². The summed E-state index contributed by atoms with van der Waals surface area (Å²) in [4.78, 5) is 39.5. The van der Waals surface area contributed by atoms with Crippen molar-refractivity contribution >= 4 is 23.5 Å². The second-order valence-electron chi connectivity index (χ2n) is 8.36. The summed E-state index contributed by atoms with van der Waals surface area (Å²) in [5.41, 5.74) is 1.29. The van der Waals surface area contributed by atoms with Crippen molar-refractivity contribution in [1.29, 1.82) is 0 Å². The Hall–Kier alpha value is -2.57. The smallest absolute Gasteiger partial charge is 0.407 e. The van der Waals surface area contributed by atoms with Crippen molar-refractivity contribution in [2.45, 2.75) is 52.6 Å². The van der Waals surface area contributed by atoms with Gasteiger partial charge in [-0.15, -0.1) is 0 Å². The first-order valence-corrected chi connectivity index (χ1v) is 10.3. The monoisotopic (exact) mass is 403 g/mol. The van der Waals surface area contributed by atoms with E-state index in [0.717, 1.165) is 31.6 Å². The molecule has 1 aromatic carbocycles. The van der Waals surface area contributed by atoms with Gasteiger partial charge in [0.15, 0.2) is 5.78 Å². The molecule has 2 rings (SSSR count). The van der Waals surface area contributed by atoms with Crippen molar-refractivity contribution < 1.29 is 19.1 Å². The first-order valence-electron chi connectivity index (χ1n) is 10.3. The van der Waals surface area contributed by atoms with Crippen LogP contribution in [0.2, 0.25) is 0 Å². The second-order valence-corrected chi connectivity index (χ2v) is 8.36. The fourth-order valence-electron chi connectivity index (χ4n) is 3.18. The molecule has 0 atom stereocenters. The highest BCUT2D eigenvalue weighted by atomic mass is 16.6. The highest BCUT2D eigenvalue weighted by molar-refractivity contribution is 5.94. The molecule has 2 amide bonds. The molecule has 1 aliphatic rings. The molecule has 1 aromatic rings. The van der Waals surface area contributed by atoms with Gasteiger partial charge in [0.2, 0.25) is 5.91 Å². The SMILES string of the molecule is CC(=O)c1ccc(N2CCN(C(=O)CCCCNC(=O)OC(C)(C)C)CC2)cc1. The largest absolute Gasteiger partial charge is 0.444 e. The number of hydrogen-bond donors (Lipinski definition) is 1. The van der Waals surface area contributed by atoms with Crippen LogP contribution < -0.4 is 10.2 Å². The van der Waals surface area contributed by atoms with Crippen LogP contribution in [-0.2, 0) is 9.53 Å². The average molecular weight is 404 g/mol. The Kier molecular flexibility index (Phi) is 8.05. The molecule has 0 unspecified atom stereocenters. The van der Waals surface area contributed by atoms with E-state index < -0.39 is 11.7 Å². The van der Waals surface area contributed by atoms with Crippen molar-refractivity contribution in [2.24, 2.45) is 0 Å². The Balaban J connectivity index is 1.64. The van der Waals surface area contributed by atoms with E-state index in [9.17, 15) is 14.4 Å². The number of alkyl carbamates (subject to hydrolysis) is 1. The van der Waals surface area contributed by atoms with Gasteiger partial charge in [-0.1, -0.05) is 0 Å². The number of nitrogens with one attached hydrogen (secondary N) is 1. The van der Waals surface area contributed by atoms with Crippen molar-refractivity contribution in [3.63, 3.8) is 0 Å². The van der Waals surface area contributed by atoms with E-state index in [1.807, 2.05) is 49.9 Å². The van der Waals surface area contributed by atoms with Crippen LogP contribution >= 0.6 is 0 Å². The number of nitrogens with zero attached hydrogens (tertiary/aromatic N) is 2. The number of piperazine rings is 1. The van der Waals surface area contributed by atoms with Gasteiger partial charge < -0.3 is 19.9 Å². The number of hydrogen-bond acceptors (Lipinski definition) is 5. The summed E-state index contributed by atoms with van der Waals surface area (Å²) in [5, 5.41) is 2.71. The lowest BCUT2D eigenvalue weighted by molar-refractivity contribution is -0.131. The molecular formula is C22H33N3O4. The highest BCUT2D eigenvalue weighted by Gasteiger charge is 2.21. The third kappa shape index (κ3) is 7.75. The van der Waals surface area contributed by atoms with E-state index in [0.29, 0.717) is 31.6 Å². The van der Waals surface area contributed by atoms with E-state index in [-0.39, 0.29) is 11.7 Å². The summed E-state index contributed by atoms with van der Waals surface area (Å²) in [6.45, 7) is 10.5. The number of rotatable bonds is 7. The first kappa shape index (κ1) is 22.7. The fourth-order valence-corrected chi connectivity index (χ4v) is 3.18. The predicted molar refractivity (Wildman–Crippen MR) is 113 cm³/mol. The van der Waals surface area contributed by atoms with Gasteiger partial charge in [-0.25, -0.2) is 4.79 Å². The minimum Gasteiger partial charge on any atom is -0.444 e. The molecule has 0 aliphatic carbocycles. The number of ether oxygens (including phenoxy) is 1. The summed E-state index contributed by atoms with van der Waals surface area (Å²) < 4.78 is 5.18. The molecule has 160 valence electrons. The molecule has 7 heteroatoms. The van der Waals surface area contributed by atoms with E-state index in [1.54, 1.807) is 6.92 Å². The maximum Gasteiger partial charge on any atom is 0.407 e. The molecule has 1 aliphatic heterocycles. The van der Waals surface area contributed by atoms with Gasteiger partial charge in [0.25, 0.3) is 0 Å². The lowest BCUT2D eigenvalue weighted by Crippen LogP contribution is -2.48. The number of anilines is 1.